The van der Waals surface area contributed by atoms with Gasteiger partial charge in [-0.1, -0.05) is 27.7 Å². The Bertz CT molecular complexity index is 179. The number of nitriles is 2. The van der Waals surface area contributed by atoms with Crippen LogP contribution in [0.25, 0.3) is 21.6 Å². The standard InChI is InChI=1S/4C2H4N.2C2H2N.Ru/c6*1-2-3;/h4*2H,1H3;2*1H2;/q6*-1;+8. The Morgan fingerprint density at radius 1 is 0.684 bits per heavy atom. The molecule has 0 aliphatic rings. The van der Waals surface area contributed by atoms with E-state index in [0.29, 0.717) is 0 Å². The third kappa shape index (κ3) is 807. The van der Waals surface area contributed by atoms with Gasteiger partial charge in [-0.2, -0.15) is 0 Å². The van der Waals surface area contributed by atoms with Crippen molar-refractivity contribution >= 4 is 24.9 Å². The Hall–Kier alpha value is -1.98. The average molecular weight is 349 g/mol. The molecule has 0 rings (SSSR count). The molecule has 7 heteroatoms. The van der Waals surface area contributed by atoms with Crippen LogP contribution >= 0.6 is 0 Å². The van der Waals surface area contributed by atoms with Crippen molar-refractivity contribution in [1.29, 1.82) is 10.5 Å². The quantitative estimate of drug-likeness (QED) is 0.376. The van der Waals surface area contributed by atoms with Crippen molar-refractivity contribution in [2.45, 2.75) is 27.7 Å². The van der Waals surface area contributed by atoms with Crippen molar-refractivity contribution in [2.75, 3.05) is 0 Å². The number of hydrogen-bond donors (Lipinski definition) is 0. The van der Waals surface area contributed by atoms with Crippen molar-refractivity contribution in [3.8, 4) is 12.1 Å². The van der Waals surface area contributed by atoms with Gasteiger partial charge in [-0.25, -0.2) is 35.4 Å². The van der Waals surface area contributed by atoms with Crippen LogP contribution in [0.2, 0.25) is 0 Å². The SMILES string of the molecule is CC=[N-].CC=[N-].CC=[N-].CC=[N-].[CH2-]C#N.[CH2-]C#N.[Ru+8]. The summed E-state index contributed by atoms with van der Waals surface area (Å²) in [6.07, 6.45) is 4.00. The normalized spacial score (nSPS) is 3.47. The van der Waals surface area contributed by atoms with Crippen molar-refractivity contribution < 1.29 is 19.5 Å². The third-order valence-corrected chi connectivity index (χ3v) is 0. The van der Waals surface area contributed by atoms with Gasteiger partial charge >= 0.3 is 19.5 Å². The average Bonchev–Trinajstić information content (AvgIpc) is 2.23. The fourth-order valence-corrected chi connectivity index (χ4v) is 0. The predicted molar refractivity (Wildman–Crippen MR) is 82.3 cm³/mol. The molecule has 0 saturated carbocycles. The second kappa shape index (κ2) is 223. The predicted octanol–water partition coefficient (Wildman–Crippen LogP) is 3.27. The van der Waals surface area contributed by atoms with Crippen LogP contribution < -0.4 is 0 Å². The van der Waals surface area contributed by atoms with Gasteiger partial charge in [-0.05, 0) is 0 Å². The largest absolute Gasteiger partial charge is 8.00 e. The summed E-state index contributed by atoms with van der Waals surface area (Å²) in [6, 6.07) is 3.00. The van der Waals surface area contributed by atoms with E-state index in [1.807, 2.05) is 0 Å². The van der Waals surface area contributed by atoms with Gasteiger partial charge in [0.1, 0.15) is 0 Å². The van der Waals surface area contributed by atoms with Crippen molar-refractivity contribution in [3.63, 3.8) is 0 Å². The molecule has 0 radical (unpaired) electrons. The summed E-state index contributed by atoms with van der Waals surface area (Å²) in [5.41, 5.74) is 0. The first-order valence-corrected chi connectivity index (χ1v) is 4.50. The minimum atomic E-state index is 0. The topological polar surface area (TPSA) is 137 Å². The molecule has 0 spiro atoms. The number of nitrogens with zero attached hydrogens (tertiary/aromatic N) is 6. The number of rotatable bonds is 0. The van der Waals surface area contributed by atoms with Crippen LogP contribution in [0.5, 0.6) is 0 Å². The van der Waals surface area contributed by atoms with Crippen LogP contribution in [0.3, 0.4) is 0 Å². The molecule has 0 N–H and O–H groups in total. The van der Waals surface area contributed by atoms with Gasteiger partial charge in [-0.3, -0.25) is 0 Å². The van der Waals surface area contributed by atoms with Gasteiger partial charge in [0.25, 0.3) is 0 Å². The molecule has 6 nitrogen and oxygen atoms in total. The van der Waals surface area contributed by atoms with Crippen LogP contribution in [0.4, 0.5) is 0 Å². The Labute approximate surface area is 130 Å². The zero-order valence-corrected chi connectivity index (χ0v) is 13.5. The molecule has 0 aliphatic heterocycles. The minimum Gasteiger partial charge on any atom is -0.814 e. The fraction of sp³-hybridized carbons (Fsp3) is 0.333. The summed E-state index contributed by atoms with van der Waals surface area (Å²) in [5, 5.41) is 44.2. The second-order valence-corrected chi connectivity index (χ2v) is 1.35. The van der Waals surface area contributed by atoms with Gasteiger partial charge in [-0.15, -0.1) is 12.1 Å². The van der Waals surface area contributed by atoms with E-state index in [1.54, 1.807) is 27.7 Å². The van der Waals surface area contributed by atoms with E-state index in [1.165, 1.54) is 12.1 Å². The van der Waals surface area contributed by atoms with E-state index in [9.17, 15) is 0 Å². The summed E-state index contributed by atoms with van der Waals surface area (Å²) in [4.78, 5) is 0. The second-order valence-electron chi connectivity index (χ2n) is 1.35. The smallest absolute Gasteiger partial charge is 0.814 e. The maximum Gasteiger partial charge on any atom is 8.00 e. The van der Waals surface area contributed by atoms with E-state index in [-0.39, 0.29) is 19.5 Å². The van der Waals surface area contributed by atoms with Gasteiger partial charge in [0.15, 0.2) is 0 Å². The summed E-state index contributed by atoms with van der Waals surface area (Å²) in [5.74, 6) is 0. The van der Waals surface area contributed by atoms with Crippen LogP contribution in [0.1, 0.15) is 27.7 Å². The van der Waals surface area contributed by atoms with Gasteiger partial charge in [0, 0.05) is 0 Å². The number of hydrogen-bond acceptors (Lipinski definition) is 2. The molecule has 0 saturated heterocycles. The third-order valence-electron chi connectivity index (χ3n) is 0. The minimum absolute atomic E-state index is 0. The molecule has 0 fully saturated rings. The first-order chi connectivity index (χ1) is 8.49. The first-order valence-electron chi connectivity index (χ1n) is 4.50. The van der Waals surface area contributed by atoms with E-state index < -0.39 is 0 Å². The van der Waals surface area contributed by atoms with Crippen molar-refractivity contribution in [2.24, 2.45) is 0 Å². The van der Waals surface area contributed by atoms with Crippen LogP contribution in [-0.4, -0.2) is 24.9 Å². The fourth-order valence-electron chi connectivity index (χ4n) is 0. The maximum absolute atomic E-state index is 7.44. The molecule has 0 heterocycles. The van der Waals surface area contributed by atoms with Crippen molar-refractivity contribution in [3.05, 3.63) is 35.5 Å². The Kier molecular flexibility index (Phi) is 512. The van der Waals surface area contributed by atoms with Gasteiger partial charge in [0.2, 0.25) is 0 Å². The summed E-state index contributed by atoms with van der Waals surface area (Å²) < 4.78 is 0. The zero-order chi connectivity index (χ0) is 16.2. The van der Waals surface area contributed by atoms with Crippen LogP contribution in [0, 0.1) is 36.5 Å². The van der Waals surface area contributed by atoms with E-state index in [4.69, 9.17) is 32.2 Å². The molecule has 19 heavy (non-hydrogen) atoms. The van der Waals surface area contributed by atoms with E-state index in [0.717, 1.165) is 24.9 Å². The van der Waals surface area contributed by atoms with Crippen LogP contribution in [0.15, 0.2) is 0 Å². The molecular weight excluding hydrogens is 329 g/mol. The molecule has 0 atom stereocenters. The van der Waals surface area contributed by atoms with Crippen LogP contribution in [-0.2, 0) is 19.5 Å². The van der Waals surface area contributed by atoms with Gasteiger partial charge < -0.3 is 35.5 Å². The molecule has 104 valence electrons. The molecular formula is C12H20N6Ru+2. The molecule has 0 bridgehead atoms. The van der Waals surface area contributed by atoms with Crippen molar-refractivity contribution in [1.82, 2.24) is 0 Å². The van der Waals surface area contributed by atoms with E-state index >= 15 is 0 Å². The Morgan fingerprint density at radius 3 is 0.684 bits per heavy atom. The maximum atomic E-state index is 7.44. The molecule has 0 aliphatic carbocycles. The molecule has 0 aromatic carbocycles. The molecule has 0 aromatic heterocycles. The molecule has 0 unspecified atom stereocenters. The van der Waals surface area contributed by atoms with E-state index in [2.05, 4.69) is 13.8 Å². The molecule has 0 aromatic rings. The Morgan fingerprint density at radius 2 is 0.684 bits per heavy atom. The Balaban J connectivity index is -0.0000000180. The molecule has 0 amide bonds. The zero-order valence-electron chi connectivity index (χ0n) is 11.8. The summed E-state index contributed by atoms with van der Waals surface area (Å²) >= 11 is 0. The van der Waals surface area contributed by atoms with Gasteiger partial charge in [0.05, 0.1) is 0 Å². The summed E-state index contributed by atoms with van der Waals surface area (Å²) in [7, 11) is 0. The summed E-state index contributed by atoms with van der Waals surface area (Å²) in [6.45, 7) is 11.8. The first kappa shape index (κ1) is 43.5. The monoisotopic (exact) mass is 350 g/mol.